The highest BCUT2D eigenvalue weighted by Gasteiger charge is 2.25. The molecule has 1 aliphatic heterocycles. The minimum Gasteiger partial charge on any atom is -0.369 e. The number of nitrogens with zero attached hydrogens (tertiary/aromatic N) is 5. The highest BCUT2D eigenvalue weighted by atomic mass is 19.1. The molecule has 4 heterocycles. The highest BCUT2D eigenvalue weighted by Crippen LogP contribution is 2.31. The number of halogens is 1. The van der Waals surface area contributed by atoms with Gasteiger partial charge in [0.2, 0.25) is 0 Å². The van der Waals surface area contributed by atoms with Gasteiger partial charge in [0.25, 0.3) is 5.91 Å². The van der Waals surface area contributed by atoms with Gasteiger partial charge in [-0.05, 0) is 25.5 Å². The van der Waals surface area contributed by atoms with Gasteiger partial charge in [0.05, 0.1) is 16.9 Å². The molecular formula is C24H26FN7O. The van der Waals surface area contributed by atoms with E-state index in [1.165, 1.54) is 6.07 Å². The van der Waals surface area contributed by atoms with Crippen molar-refractivity contribution in [2.75, 3.05) is 29.9 Å². The van der Waals surface area contributed by atoms with Crippen LogP contribution in [0.1, 0.15) is 22.5 Å². The van der Waals surface area contributed by atoms with E-state index in [9.17, 15) is 9.18 Å². The summed E-state index contributed by atoms with van der Waals surface area (Å²) < 4.78 is 17.7. The number of rotatable bonds is 6. The van der Waals surface area contributed by atoms with Crippen LogP contribution in [0.25, 0.3) is 16.6 Å². The fourth-order valence-electron chi connectivity index (χ4n) is 4.51. The van der Waals surface area contributed by atoms with Gasteiger partial charge in [-0.15, -0.1) is 6.58 Å². The fraction of sp³-hybridized carbons (Fsp3) is 0.292. The maximum Gasteiger partial charge on any atom is 0.257 e. The van der Waals surface area contributed by atoms with Crippen LogP contribution in [0.15, 0.2) is 49.4 Å². The molecule has 0 spiro atoms. The number of aryl methyl sites for hydroxylation is 2. The van der Waals surface area contributed by atoms with Crippen LogP contribution in [-0.2, 0) is 7.05 Å². The van der Waals surface area contributed by atoms with Crippen LogP contribution in [0.4, 0.5) is 15.8 Å². The summed E-state index contributed by atoms with van der Waals surface area (Å²) in [5.41, 5.74) is 3.40. The van der Waals surface area contributed by atoms with E-state index in [0.717, 1.165) is 37.1 Å². The van der Waals surface area contributed by atoms with E-state index in [-0.39, 0.29) is 11.6 Å². The Hall–Kier alpha value is -3.72. The molecule has 1 saturated heterocycles. The lowest BCUT2D eigenvalue weighted by Crippen LogP contribution is -2.32. The average Bonchev–Trinajstić information content (AvgIpc) is 3.48. The number of hydrogen-bond acceptors (Lipinski definition) is 5. The third-order valence-corrected chi connectivity index (χ3v) is 5.98. The predicted octanol–water partition coefficient (Wildman–Crippen LogP) is 3.28. The van der Waals surface area contributed by atoms with E-state index < -0.39 is 5.82 Å². The second-order valence-electron chi connectivity index (χ2n) is 8.47. The summed E-state index contributed by atoms with van der Waals surface area (Å²) in [6.07, 6.45) is 8.21. The Bertz CT molecular complexity index is 1370. The molecule has 1 atom stereocenters. The number of amides is 1. The van der Waals surface area contributed by atoms with Crippen molar-refractivity contribution >= 4 is 33.8 Å². The third kappa shape index (κ3) is 3.95. The quantitative estimate of drug-likeness (QED) is 0.444. The van der Waals surface area contributed by atoms with Gasteiger partial charge in [0.15, 0.2) is 11.5 Å². The Labute approximate surface area is 190 Å². The van der Waals surface area contributed by atoms with E-state index in [1.54, 1.807) is 34.5 Å². The molecule has 33 heavy (non-hydrogen) atoms. The lowest BCUT2D eigenvalue weighted by atomic mass is 10.1. The minimum atomic E-state index is -0.493. The Morgan fingerprint density at radius 2 is 2.18 bits per heavy atom. The first-order valence-electron chi connectivity index (χ1n) is 10.9. The largest absolute Gasteiger partial charge is 0.369 e. The number of aromatic nitrogens is 4. The second-order valence-corrected chi connectivity index (χ2v) is 8.47. The van der Waals surface area contributed by atoms with Gasteiger partial charge in [-0.2, -0.15) is 5.10 Å². The van der Waals surface area contributed by atoms with Gasteiger partial charge in [-0.3, -0.25) is 9.48 Å². The van der Waals surface area contributed by atoms with Crippen molar-refractivity contribution in [3.05, 3.63) is 66.5 Å². The Morgan fingerprint density at radius 3 is 3.00 bits per heavy atom. The molecule has 9 heteroatoms. The zero-order chi connectivity index (χ0) is 23.1. The molecule has 2 N–H and O–H groups in total. The van der Waals surface area contributed by atoms with Crippen LogP contribution < -0.4 is 15.5 Å². The van der Waals surface area contributed by atoms with Crippen molar-refractivity contribution in [1.82, 2.24) is 24.5 Å². The SMILES string of the molecule is C=CCN[C@@H]1CCN(c2ccc(C(=O)Nc3cc(F)c4nc(C)cn4c3)c3nn(C)cc23)C1. The highest BCUT2D eigenvalue weighted by molar-refractivity contribution is 6.13. The molecule has 0 radical (unpaired) electrons. The van der Waals surface area contributed by atoms with Crippen LogP contribution in [0.5, 0.6) is 0 Å². The standard InChI is InChI=1S/C24H26FN7O/c1-4-8-26-16-7-9-31(12-16)21-6-5-18(22-19(21)14-30(3)29-22)24(33)28-17-10-20(25)23-27-15(2)11-32(23)13-17/h4-6,10-11,13-14,16,26H,1,7-9,12H2,2-3H3,(H,28,33)/t16-/m1/s1. The summed E-state index contributed by atoms with van der Waals surface area (Å²) in [5.74, 6) is -0.833. The number of fused-ring (bicyclic) bond motifs is 2. The smallest absolute Gasteiger partial charge is 0.257 e. The molecule has 1 fully saturated rings. The van der Waals surface area contributed by atoms with E-state index in [4.69, 9.17) is 0 Å². The summed E-state index contributed by atoms with van der Waals surface area (Å²) >= 11 is 0. The molecule has 1 aliphatic rings. The number of benzene rings is 1. The third-order valence-electron chi connectivity index (χ3n) is 5.98. The van der Waals surface area contributed by atoms with Crippen molar-refractivity contribution < 1.29 is 9.18 Å². The lowest BCUT2D eigenvalue weighted by molar-refractivity contribution is 0.102. The molecule has 0 saturated carbocycles. The van der Waals surface area contributed by atoms with Crippen molar-refractivity contribution in [3.63, 3.8) is 0 Å². The van der Waals surface area contributed by atoms with Crippen LogP contribution in [-0.4, -0.2) is 50.7 Å². The Morgan fingerprint density at radius 1 is 1.33 bits per heavy atom. The Balaban J connectivity index is 1.44. The molecule has 4 aromatic rings. The number of carbonyl (C=O) groups excluding carboxylic acids is 1. The summed E-state index contributed by atoms with van der Waals surface area (Å²) in [7, 11) is 1.84. The van der Waals surface area contributed by atoms with Gasteiger partial charge in [0, 0.05) is 68.5 Å². The molecule has 170 valence electrons. The molecule has 1 aromatic carbocycles. The summed E-state index contributed by atoms with van der Waals surface area (Å²) in [6, 6.07) is 5.44. The van der Waals surface area contributed by atoms with Crippen LogP contribution in [0.2, 0.25) is 0 Å². The van der Waals surface area contributed by atoms with E-state index >= 15 is 0 Å². The Kier molecular flexibility index (Phi) is 5.33. The number of nitrogens with one attached hydrogen (secondary N) is 2. The van der Waals surface area contributed by atoms with Crippen molar-refractivity contribution in [2.45, 2.75) is 19.4 Å². The van der Waals surface area contributed by atoms with E-state index in [0.29, 0.717) is 28.5 Å². The normalized spacial score (nSPS) is 16.1. The monoisotopic (exact) mass is 447 g/mol. The molecular weight excluding hydrogens is 421 g/mol. The lowest BCUT2D eigenvalue weighted by Gasteiger charge is -2.20. The topological polar surface area (TPSA) is 79.5 Å². The molecule has 0 unspecified atom stereocenters. The van der Waals surface area contributed by atoms with E-state index in [2.05, 4.69) is 32.2 Å². The molecule has 5 rings (SSSR count). The number of pyridine rings is 1. The molecule has 3 aromatic heterocycles. The van der Waals surface area contributed by atoms with Crippen LogP contribution in [0.3, 0.4) is 0 Å². The van der Waals surface area contributed by atoms with Crippen molar-refractivity contribution in [3.8, 4) is 0 Å². The number of carbonyl (C=O) groups is 1. The first-order valence-corrected chi connectivity index (χ1v) is 10.9. The van der Waals surface area contributed by atoms with Crippen LogP contribution in [0, 0.1) is 12.7 Å². The van der Waals surface area contributed by atoms with Crippen LogP contribution >= 0.6 is 0 Å². The maximum absolute atomic E-state index is 14.4. The maximum atomic E-state index is 14.4. The molecule has 1 amide bonds. The molecule has 0 aliphatic carbocycles. The molecule has 0 bridgehead atoms. The first kappa shape index (κ1) is 21.1. The zero-order valence-corrected chi connectivity index (χ0v) is 18.7. The van der Waals surface area contributed by atoms with Crippen molar-refractivity contribution in [2.24, 2.45) is 7.05 Å². The number of hydrogen-bond donors (Lipinski definition) is 2. The summed E-state index contributed by atoms with van der Waals surface area (Å²) in [4.78, 5) is 19.6. The number of anilines is 2. The molecule has 8 nitrogen and oxygen atoms in total. The van der Waals surface area contributed by atoms with Gasteiger partial charge in [-0.25, -0.2) is 9.37 Å². The van der Waals surface area contributed by atoms with Gasteiger partial charge in [0.1, 0.15) is 5.52 Å². The van der Waals surface area contributed by atoms with Gasteiger partial charge in [-0.1, -0.05) is 6.08 Å². The second kappa shape index (κ2) is 8.32. The van der Waals surface area contributed by atoms with E-state index in [1.807, 2.05) is 25.4 Å². The first-order chi connectivity index (χ1) is 15.9. The van der Waals surface area contributed by atoms with Gasteiger partial charge >= 0.3 is 0 Å². The van der Waals surface area contributed by atoms with Gasteiger partial charge < -0.3 is 19.9 Å². The summed E-state index contributed by atoms with van der Waals surface area (Å²) in [5, 5.41) is 11.8. The summed E-state index contributed by atoms with van der Waals surface area (Å²) in [6.45, 7) is 8.15. The fourth-order valence-corrected chi connectivity index (χ4v) is 4.51. The predicted molar refractivity (Wildman–Crippen MR) is 127 cm³/mol. The number of imidazole rings is 1. The minimum absolute atomic E-state index is 0.230. The average molecular weight is 448 g/mol. The van der Waals surface area contributed by atoms with Crippen molar-refractivity contribution in [1.29, 1.82) is 0 Å². The zero-order valence-electron chi connectivity index (χ0n) is 18.7.